The summed E-state index contributed by atoms with van der Waals surface area (Å²) in [5.41, 5.74) is 1.50. The smallest absolute Gasteiger partial charge is 0.322 e. The third-order valence-electron chi connectivity index (χ3n) is 4.99. The third kappa shape index (κ3) is 5.46. The Morgan fingerprint density at radius 3 is 2.59 bits per heavy atom. The van der Waals surface area contributed by atoms with Crippen molar-refractivity contribution in [2.45, 2.75) is 38.8 Å². The second-order valence-electron chi connectivity index (χ2n) is 7.32. The number of halogens is 2. The number of rotatable bonds is 8. The van der Waals surface area contributed by atoms with Crippen molar-refractivity contribution in [2.24, 2.45) is 7.05 Å². The summed E-state index contributed by atoms with van der Waals surface area (Å²) in [5.74, 6) is -0.0468. The van der Waals surface area contributed by atoms with Crippen molar-refractivity contribution in [3.8, 4) is 0 Å². The Hall–Kier alpha value is -2.18. The number of carbonyl (C=O) groups excluding carboxylic acids is 2. The van der Waals surface area contributed by atoms with Crippen LogP contribution in [0.5, 0.6) is 0 Å². The van der Waals surface area contributed by atoms with Crippen molar-refractivity contribution in [1.29, 1.82) is 0 Å². The molecule has 0 saturated heterocycles. The molecule has 29 heavy (non-hydrogen) atoms. The minimum atomic E-state index is -0.362. The van der Waals surface area contributed by atoms with Crippen LogP contribution in [-0.2, 0) is 18.4 Å². The number of aromatic nitrogens is 1. The molecule has 1 aliphatic carbocycles. The van der Waals surface area contributed by atoms with Crippen LogP contribution in [0.15, 0.2) is 36.5 Å². The predicted molar refractivity (Wildman–Crippen MR) is 116 cm³/mol. The predicted octanol–water partition coefficient (Wildman–Crippen LogP) is 4.77. The first kappa shape index (κ1) is 21.5. The fourth-order valence-electron chi connectivity index (χ4n) is 3.21. The van der Waals surface area contributed by atoms with Gasteiger partial charge in [0, 0.05) is 31.5 Å². The summed E-state index contributed by atoms with van der Waals surface area (Å²) in [5, 5.41) is 3.43. The normalized spacial score (nSPS) is 13.2. The van der Waals surface area contributed by atoms with Gasteiger partial charge in [-0.15, -0.1) is 0 Å². The van der Waals surface area contributed by atoms with Crippen LogP contribution < -0.4 is 5.32 Å². The van der Waals surface area contributed by atoms with Gasteiger partial charge in [-0.1, -0.05) is 36.2 Å². The lowest BCUT2D eigenvalue weighted by molar-refractivity contribution is -0.133. The molecule has 1 heterocycles. The summed E-state index contributed by atoms with van der Waals surface area (Å²) in [6.45, 7) is 3.02. The number of urea groups is 1. The van der Waals surface area contributed by atoms with E-state index in [2.05, 4.69) is 5.32 Å². The van der Waals surface area contributed by atoms with Crippen molar-refractivity contribution in [3.05, 3.63) is 52.3 Å². The quantitative estimate of drug-likeness (QED) is 0.647. The first-order valence-electron chi connectivity index (χ1n) is 9.80. The number of anilines is 1. The summed E-state index contributed by atoms with van der Waals surface area (Å²) < 4.78 is 2.01. The molecule has 2 aromatic rings. The highest BCUT2D eigenvalue weighted by atomic mass is 35.5. The van der Waals surface area contributed by atoms with Crippen molar-refractivity contribution in [3.63, 3.8) is 0 Å². The zero-order valence-corrected chi connectivity index (χ0v) is 18.2. The van der Waals surface area contributed by atoms with Gasteiger partial charge in [0.1, 0.15) is 6.54 Å². The Bertz CT molecular complexity index is 879. The number of benzene rings is 1. The minimum Gasteiger partial charge on any atom is -0.353 e. The Morgan fingerprint density at radius 1 is 1.21 bits per heavy atom. The van der Waals surface area contributed by atoms with Gasteiger partial charge in [-0.3, -0.25) is 4.79 Å². The number of hydrogen-bond donors (Lipinski definition) is 1. The highest BCUT2D eigenvalue weighted by Gasteiger charge is 2.34. The van der Waals surface area contributed by atoms with Gasteiger partial charge in [-0.25, -0.2) is 4.79 Å². The van der Waals surface area contributed by atoms with Crippen LogP contribution in [0.3, 0.4) is 0 Å². The number of carbonyl (C=O) groups is 2. The number of amides is 3. The van der Waals surface area contributed by atoms with E-state index >= 15 is 0 Å². The fourth-order valence-corrected chi connectivity index (χ4v) is 3.56. The molecule has 0 radical (unpaired) electrons. The van der Waals surface area contributed by atoms with E-state index in [9.17, 15) is 9.59 Å². The van der Waals surface area contributed by atoms with E-state index in [0.717, 1.165) is 25.0 Å². The van der Waals surface area contributed by atoms with Crippen LogP contribution in [0.4, 0.5) is 10.5 Å². The van der Waals surface area contributed by atoms with Gasteiger partial charge < -0.3 is 19.7 Å². The molecule has 6 nitrogen and oxygen atoms in total. The van der Waals surface area contributed by atoms with Gasteiger partial charge >= 0.3 is 6.03 Å². The van der Waals surface area contributed by atoms with Crippen molar-refractivity contribution in [1.82, 2.24) is 14.4 Å². The molecule has 3 amide bonds. The maximum atomic E-state index is 13.1. The lowest BCUT2D eigenvalue weighted by atomic mass is 10.3. The first-order valence-corrected chi connectivity index (χ1v) is 10.6. The summed E-state index contributed by atoms with van der Waals surface area (Å²) >= 11 is 12.2. The van der Waals surface area contributed by atoms with Gasteiger partial charge in [-0.05, 0) is 43.5 Å². The second-order valence-corrected chi connectivity index (χ2v) is 8.10. The Kier molecular flexibility index (Phi) is 7.09. The molecule has 0 spiro atoms. The van der Waals surface area contributed by atoms with Crippen LogP contribution in [0.25, 0.3) is 0 Å². The van der Waals surface area contributed by atoms with E-state index in [1.165, 1.54) is 4.90 Å². The largest absolute Gasteiger partial charge is 0.353 e. The molecule has 1 saturated carbocycles. The van der Waals surface area contributed by atoms with Crippen LogP contribution in [0.2, 0.25) is 10.0 Å². The van der Waals surface area contributed by atoms with E-state index in [4.69, 9.17) is 23.2 Å². The lowest BCUT2D eigenvalue weighted by Gasteiger charge is -2.28. The Morgan fingerprint density at radius 2 is 1.97 bits per heavy atom. The van der Waals surface area contributed by atoms with Crippen LogP contribution in [-0.4, -0.2) is 45.4 Å². The minimum absolute atomic E-state index is 0.0266. The molecule has 1 aromatic carbocycles. The maximum Gasteiger partial charge on any atom is 0.322 e. The zero-order chi connectivity index (χ0) is 21.0. The number of aryl methyl sites for hydroxylation is 1. The molecular formula is C21H26Cl2N4O2. The van der Waals surface area contributed by atoms with Crippen molar-refractivity contribution in [2.75, 3.05) is 18.4 Å². The zero-order valence-electron chi connectivity index (χ0n) is 16.7. The molecule has 1 N–H and O–H groups in total. The molecule has 8 heteroatoms. The summed E-state index contributed by atoms with van der Waals surface area (Å²) in [6.07, 6.45) is 4.73. The highest BCUT2D eigenvalue weighted by molar-refractivity contribution is 6.43. The second kappa shape index (κ2) is 9.55. The van der Waals surface area contributed by atoms with E-state index in [1.807, 2.05) is 41.8 Å². The van der Waals surface area contributed by atoms with E-state index < -0.39 is 0 Å². The summed E-state index contributed by atoms with van der Waals surface area (Å²) in [6, 6.07) is 8.93. The molecule has 1 fully saturated rings. The molecule has 0 aliphatic heterocycles. The van der Waals surface area contributed by atoms with Gasteiger partial charge in [0.2, 0.25) is 5.91 Å². The first-order chi connectivity index (χ1) is 13.9. The lowest BCUT2D eigenvalue weighted by Crippen LogP contribution is -2.45. The van der Waals surface area contributed by atoms with Gasteiger partial charge in [0.25, 0.3) is 0 Å². The number of nitrogens with one attached hydrogen (secondary N) is 1. The summed E-state index contributed by atoms with van der Waals surface area (Å²) in [7, 11) is 1.97. The standard InChI is InChI=1S/C21H26Cl2N4O2/c1-3-11-26(21(29)24-18-8-4-7-17(22)20(18)23)14-19(28)27(15-9-10-15)13-16-6-5-12-25(16)2/h4-8,12,15H,3,9-11,13-14H2,1-2H3,(H,24,29). The molecule has 0 bridgehead atoms. The van der Waals surface area contributed by atoms with Crippen molar-refractivity contribution >= 4 is 40.8 Å². The van der Waals surface area contributed by atoms with Gasteiger partial charge in [0.05, 0.1) is 22.3 Å². The van der Waals surface area contributed by atoms with Gasteiger partial charge in [-0.2, -0.15) is 0 Å². The molecule has 3 rings (SSSR count). The Balaban J connectivity index is 1.69. The van der Waals surface area contributed by atoms with E-state index in [0.29, 0.717) is 23.8 Å². The van der Waals surface area contributed by atoms with Crippen LogP contribution in [0.1, 0.15) is 31.9 Å². The van der Waals surface area contributed by atoms with E-state index in [-0.39, 0.29) is 29.5 Å². The highest BCUT2D eigenvalue weighted by Crippen LogP contribution is 2.30. The Labute approximate surface area is 181 Å². The molecule has 1 aromatic heterocycles. The van der Waals surface area contributed by atoms with Gasteiger partial charge in [0.15, 0.2) is 0 Å². The number of hydrogen-bond acceptors (Lipinski definition) is 2. The molecule has 0 unspecified atom stereocenters. The SMILES string of the molecule is CCCN(CC(=O)N(Cc1cccn1C)C1CC1)C(=O)Nc1cccc(Cl)c1Cl. The van der Waals surface area contributed by atoms with E-state index in [1.54, 1.807) is 18.2 Å². The molecule has 156 valence electrons. The molecular weight excluding hydrogens is 411 g/mol. The van der Waals surface area contributed by atoms with Crippen LogP contribution in [0, 0.1) is 0 Å². The molecule has 1 aliphatic rings. The summed E-state index contributed by atoms with van der Waals surface area (Å²) in [4.78, 5) is 29.3. The molecule has 0 atom stereocenters. The average molecular weight is 437 g/mol. The maximum absolute atomic E-state index is 13.1. The van der Waals surface area contributed by atoms with Crippen LogP contribution >= 0.6 is 23.2 Å². The fraction of sp³-hybridized carbons (Fsp3) is 0.429. The van der Waals surface area contributed by atoms with Crippen molar-refractivity contribution < 1.29 is 9.59 Å². The average Bonchev–Trinajstić information content (AvgIpc) is 3.45. The number of nitrogens with zero attached hydrogens (tertiary/aromatic N) is 3. The topological polar surface area (TPSA) is 57.6 Å². The monoisotopic (exact) mass is 436 g/mol. The third-order valence-corrected chi connectivity index (χ3v) is 5.81.